The van der Waals surface area contributed by atoms with E-state index in [1.807, 2.05) is 12.1 Å². The van der Waals surface area contributed by atoms with Crippen molar-refractivity contribution in [2.75, 3.05) is 6.61 Å². The van der Waals surface area contributed by atoms with Crippen LogP contribution in [-0.4, -0.2) is 17.8 Å². The van der Waals surface area contributed by atoms with Crippen LogP contribution in [0.3, 0.4) is 0 Å². The Labute approximate surface area is 120 Å². The molecule has 1 aromatic rings. The smallest absolute Gasteiger partial charge is 0.126 e. The third-order valence-electron chi connectivity index (χ3n) is 3.67. The van der Waals surface area contributed by atoms with Crippen molar-refractivity contribution in [2.45, 2.75) is 58.0 Å². The molecule has 0 spiro atoms. The Morgan fingerprint density at radius 2 is 2.16 bits per heavy atom. The number of halogens is 1. The molecule has 1 atom stereocenters. The Morgan fingerprint density at radius 1 is 1.32 bits per heavy atom. The van der Waals surface area contributed by atoms with E-state index in [9.17, 15) is 5.11 Å². The third kappa shape index (κ3) is 4.12. The van der Waals surface area contributed by atoms with Crippen molar-refractivity contribution in [2.24, 2.45) is 0 Å². The Hall–Kier alpha value is -0.730. The van der Waals surface area contributed by atoms with E-state index in [1.165, 1.54) is 24.8 Å². The van der Waals surface area contributed by atoms with Gasteiger partial charge < -0.3 is 9.84 Å². The topological polar surface area (TPSA) is 29.5 Å². The molecule has 0 radical (unpaired) electrons. The Morgan fingerprint density at radius 3 is 2.95 bits per heavy atom. The lowest BCUT2D eigenvalue weighted by Gasteiger charge is -2.13. The average Bonchev–Trinajstić information content (AvgIpc) is 2.82. The molecule has 0 aliphatic carbocycles. The summed E-state index contributed by atoms with van der Waals surface area (Å²) in [7, 11) is 0. The Bertz CT molecular complexity index is 417. The molecule has 0 amide bonds. The maximum Gasteiger partial charge on any atom is 0.126 e. The predicted molar refractivity (Wildman–Crippen MR) is 79.1 cm³/mol. The van der Waals surface area contributed by atoms with Crippen molar-refractivity contribution in [1.29, 1.82) is 0 Å². The predicted octanol–water partition coefficient (Wildman–Crippen LogP) is 4.15. The number of aliphatic hydroxyl groups is 1. The largest absolute Gasteiger partial charge is 0.493 e. The lowest BCUT2D eigenvalue weighted by molar-refractivity contribution is 0.160. The van der Waals surface area contributed by atoms with Crippen LogP contribution in [0.1, 0.15) is 50.2 Å². The first-order valence-corrected chi connectivity index (χ1v) is 7.70. The van der Waals surface area contributed by atoms with Gasteiger partial charge in [-0.25, -0.2) is 0 Å². The SMILES string of the molecule is CCCCCCC(O)Cc1cc(Cl)cc2c1OCC2. The van der Waals surface area contributed by atoms with Crippen LogP contribution in [0, 0.1) is 0 Å². The quantitative estimate of drug-likeness (QED) is 0.761. The van der Waals surface area contributed by atoms with Crippen LogP contribution in [0.4, 0.5) is 0 Å². The Kier molecular flexibility index (Phi) is 5.53. The molecule has 2 nitrogen and oxygen atoms in total. The van der Waals surface area contributed by atoms with Crippen LogP contribution in [0.25, 0.3) is 0 Å². The molecule has 2 rings (SSSR count). The van der Waals surface area contributed by atoms with E-state index in [0.29, 0.717) is 6.42 Å². The number of ether oxygens (including phenoxy) is 1. The number of fused-ring (bicyclic) bond motifs is 1. The van der Waals surface area contributed by atoms with Crippen LogP contribution in [0.5, 0.6) is 5.75 Å². The maximum absolute atomic E-state index is 10.1. The van der Waals surface area contributed by atoms with Gasteiger partial charge in [-0.2, -0.15) is 0 Å². The standard InChI is InChI=1S/C16H23ClO2/c1-2-3-4-5-6-15(18)11-13-10-14(17)9-12-7-8-19-16(12)13/h9-10,15,18H,2-8,11H2,1H3. The molecule has 1 aliphatic heterocycles. The number of rotatable bonds is 7. The molecule has 0 fully saturated rings. The summed E-state index contributed by atoms with van der Waals surface area (Å²) >= 11 is 6.12. The highest BCUT2D eigenvalue weighted by Gasteiger charge is 2.19. The first kappa shape index (κ1) is 14.7. The molecule has 0 bridgehead atoms. The van der Waals surface area contributed by atoms with E-state index < -0.39 is 0 Å². The zero-order chi connectivity index (χ0) is 13.7. The van der Waals surface area contributed by atoms with Crippen LogP contribution < -0.4 is 4.74 Å². The highest BCUT2D eigenvalue weighted by atomic mass is 35.5. The highest BCUT2D eigenvalue weighted by molar-refractivity contribution is 6.30. The minimum absolute atomic E-state index is 0.288. The van der Waals surface area contributed by atoms with Gasteiger partial charge in [0.15, 0.2) is 0 Å². The van der Waals surface area contributed by atoms with Crippen molar-refractivity contribution < 1.29 is 9.84 Å². The van der Waals surface area contributed by atoms with Crippen molar-refractivity contribution >= 4 is 11.6 Å². The molecule has 3 heteroatoms. The lowest BCUT2D eigenvalue weighted by Crippen LogP contribution is -2.11. The normalized spacial score (nSPS) is 15.1. The Balaban J connectivity index is 1.92. The first-order valence-electron chi connectivity index (χ1n) is 7.33. The van der Waals surface area contributed by atoms with Crippen LogP contribution in [0.15, 0.2) is 12.1 Å². The monoisotopic (exact) mass is 282 g/mol. The van der Waals surface area contributed by atoms with Gasteiger partial charge in [0.2, 0.25) is 0 Å². The van der Waals surface area contributed by atoms with Gasteiger partial charge in [0.25, 0.3) is 0 Å². The second-order valence-corrected chi connectivity index (χ2v) is 5.80. The molecule has 0 aromatic heterocycles. The van der Waals surface area contributed by atoms with Gasteiger partial charge in [-0.15, -0.1) is 0 Å². The highest BCUT2D eigenvalue weighted by Crippen LogP contribution is 2.33. The van der Waals surface area contributed by atoms with Gasteiger partial charge in [0, 0.05) is 17.9 Å². The summed E-state index contributed by atoms with van der Waals surface area (Å²) in [5, 5.41) is 10.9. The molecular formula is C16H23ClO2. The number of aliphatic hydroxyl groups excluding tert-OH is 1. The summed E-state index contributed by atoms with van der Waals surface area (Å²) in [6.07, 6.45) is 6.93. The molecule has 1 N–H and O–H groups in total. The maximum atomic E-state index is 10.1. The first-order chi connectivity index (χ1) is 9.20. The van der Waals surface area contributed by atoms with Gasteiger partial charge in [-0.1, -0.05) is 44.2 Å². The van der Waals surface area contributed by atoms with E-state index in [2.05, 4.69) is 6.92 Å². The minimum atomic E-state index is -0.288. The van der Waals surface area contributed by atoms with Crippen molar-refractivity contribution in [3.8, 4) is 5.75 Å². The number of hydrogen-bond acceptors (Lipinski definition) is 2. The summed E-state index contributed by atoms with van der Waals surface area (Å²) in [5.41, 5.74) is 2.24. The van der Waals surface area contributed by atoms with Crippen LogP contribution in [0.2, 0.25) is 5.02 Å². The molecule has 1 unspecified atom stereocenters. The van der Waals surface area contributed by atoms with Gasteiger partial charge in [0.05, 0.1) is 12.7 Å². The van der Waals surface area contributed by atoms with Gasteiger partial charge in [-0.3, -0.25) is 0 Å². The van der Waals surface area contributed by atoms with E-state index in [1.54, 1.807) is 0 Å². The minimum Gasteiger partial charge on any atom is -0.493 e. The fourth-order valence-electron chi connectivity index (χ4n) is 2.66. The zero-order valence-corrected chi connectivity index (χ0v) is 12.4. The average molecular weight is 283 g/mol. The van der Waals surface area contributed by atoms with Gasteiger partial charge >= 0.3 is 0 Å². The van der Waals surface area contributed by atoms with E-state index >= 15 is 0 Å². The molecule has 1 aromatic carbocycles. The van der Waals surface area contributed by atoms with Gasteiger partial charge in [0.1, 0.15) is 5.75 Å². The molecule has 0 saturated carbocycles. The number of unbranched alkanes of at least 4 members (excludes halogenated alkanes) is 3. The summed E-state index contributed by atoms with van der Waals surface area (Å²) in [5.74, 6) is 0.956. The molecule has 0 saturated heterocycles. The van der Waals surface area contributed by atoms with Crippen molar-refractivity contribution in [3.05, 3.63) is 28.3 Å². The van der Waals surface area contributed by atoms with Crippen LogP contribution >= 0.6 is 11.6 Å². The summed E-state index contributed by atoms with van der Waals surface area (Å²) in [6.45, 7) is 2.93. The molecule has 1 aliphatic rings. The fourth-order valence-corrected chi connectivity index (χ4v) is 2.92. The molecule has 1 heterocycles. The summed E-state index contributed by atoms with van der Waals surface area (Å²) in [4.78, 5) is 0. The van der Waals surface area contributed by atoms with E-state index in [-0.39, 0.29) is 6.10 Å². The van der Waals surface area contributed by atoms with Gasteiger partial charge in [-0.05, 0) is 29.7 Å². The second-order valence-electron chi connectivity index (χ2n) is 5.36. The molecular weight excluding hydrogens is 260 g/mol. The van der Waals surface area contributed by atoms with Crippen LogP contribution in [-0.2, 0) is 12.8 Å². The van der Waals surface area contributed by atoms with Crippen molar-refractivity contribution in [1.82, 2.24) is 0 Å². The molecule has 106 valence electrons. The zero-order valence-electron chi connectivity index (χ0n) is 11.6. The van der Waals surface area contributed by atoms with E-state index in [0.717, 1.165) is 42.2 Å². The fraction of sp³-hybridized carbons (Fsp3) is 0.625. The summed E-state index contributed by atoms with van der Waals surface area (Å²) < 4.78 is 5.66. The second kappa shape index (κ2) is 7.16. The molecule has 19 heavy (non-hydrogen) atoms. The number of hydrogen-bond donors (Lipinski definition) is 1. The lowest BCUT2D eigenvalue weighted by atomic mass is 9.99. The third-order valence-corrected chi connectivity index (χ3v) is 3.89. The van der Waals surface area contributed by atoms with E-state index in [4.69, 9.17) is 16.3 Å². The summed E-state index contributed by atoms with van der Waals surface area (Å²) in [6, 6.07) is 3.90. The number of benzene rings is 1. The van der Waals surface area contributed by atoms with Crippen molar-refractivity contribution in [3.63, 3.8) is 0 Å².